The third-order valence-corrected chi connectivity index (χ3v) is 4.61. The maximum Gasteiger partial charge on any atom is 0.334 e. The fourth-order valence-corrected chi connectivity index (χ4v) is 3.02. The number of esters is 1. The lowest BCUT2D eigenvalue weighted by molar-refractivity contribution is -0.144. The Hall–Kier alpha value is -1.40. The second-order valence-electron chi connectivity index (χ2n) is 6.98. The van der Waals surface area contributed by atoms with Gasteiger partial charge in [-0.05, 0) is 39.2 Å². The monoisotopic (exact) mass is 369 g/mol. The summed E-state index contributed by atoms with van der Waals surface area (Å²) in [5, 5.41) is 8.99. The molecular formula is C20H35NO5. The Balaban J connectivity index is 2.26. The SMILES string of the molecule is CCCCC(C)OC(=O)/C(=C/C(=O)O)CCCCCCN1CCOCC1. The number of morpholine rings is 1. The minimum atomic E-state index is -1.09. The summed E-state index contributed by atoms with van der Waals surface area (Å²) >= 11 is 0. The van der Waals surface area contributed by atoms with Gasteiger partial charge in [0.15, 0.2) is 0 Å². The van der Waals surface area contributed by atoms with Crippen LogP contribution in [0.4, 0.5) is 0 Å². The van der Waals surface area contributed by atoms with Gasteiger partial charge in [0.2, 0.25) is 0 Å². The predicted molar refractivity (Wildman–Crippen MR) is 101 cm³/mol. The highest BCUT2D eigenvalue weighted by Crippen LogP contribution is 2.15. The molecule has 0 aromatic heterocycles. The molecule has 1 rings (SSSR count). The van der Waals surface area contributed by atoms with E-state index in [0.717, 1.165) is 83.9 Å². The van der Waals surface area contributed by atoms with E-state index in [4.69, 9.17) is 14.6 Å². The van der Waals surface area contributed by atoms with E-state index < -0.39 is 11.9 Å². The predicted octanol–water partition coefficient (Wildman–Crippen LogP) is 3.40. The molecule has 0 radical (unpaired) electrons. The van der Waals surface area contributed by atoms with Crippen molar-refractivity contribution in [3.8, 4) is 0 Å². The molecule has 1 fully saturated rings. The molecule has 0 amide bonds. The van der Waals surface area contributed by atoms with Crippen molar-refractivity contribution in [3.63, 3.8) is 0 Å². The van der Waals surface area contributed by atoms with E-state index in [1.807, 2.05) is 6.92 Å². The van der Waals surface area contributed by atoms with Crippen molar-refractivity contribution in [2.24, 2.45) is 0 Å². The molecule has 6 nitrogen and oxygen atoms in total. The molecule has 0 spiro atoms. The Bertz CT molecular complexity index is 443. The molecule has 26 heavy (non-hydrogen) atoms. The number of carboxylic acid groups (broad SMARTS) is 1. The zero-order chi connectivity index (χ0) is 19.2. The summed E-state index contributed by atoms with van der Waals surface area (Å²) in [6, 6.07) is 0. The average molecular weight is 370 g/mol. The molecule has 0 aliphatic carbocycles. The first-order valence-corrected chi connectivity index (χ1v) is 9.97. The molecule has 1 atom stereocenters. The fraction of sp³-hybridized carbons (Fsp3) is 0.800. The molecular weight excluding hydrogens is 334 g/mol. The van der Waals surface area contributed by atoms with Crippen LogP contribution in [0.15, 0.2) is 11.6 Å². The van der Waals surface area contributed by atoms with Crippen LogP contribution in [0.3, 0.4) is 0 Å². The summed E-state index contributed by atoms with van der Waals surface area (Å²) in [4.78, 5) is 25.6. The van der Waals surface area contributed by atoms with Crippen molar-refractivity contribution in [2.45, 2.75) is 71.3 Å². The molecule has 0 bridgehead atoms. The molecule has 1 heterocycles. The number of hydrogen-bond donors (Lipinski definition) is 1. The van der Waals surface area contributed by atoms with Crippen LogP contribution in [0.2, 0.25) is 0 Å². The zero-order valence-electron chi connectivity index (χ0n) is 16.4. The maximum absolute atomic E-state index is 12.2. The molecule has 1 unspecified atom stereocenters. The first-order valence-electron chi connectivity index (χ1n) is 9.97. The van der Waals surface area contributed by atoms with Gasteiger partial charge in [0.25, 0.3) is 0 Å². The normalized spacial score (nSPS) is 17.1. The van der Waals surface area contributed by atoms with Crippen LogP contribution in [0.1, 0.15) is 65.2 Å². The van der Waals surface area contributed by atoms with Crippen LogP contribution >= 0.6 is 0 Å². The molecule has 1 N–H and O–H groups in total. The van der Waals surface area contributed by atoms with E-state index in [0.29, 0.717) is 6.42 Å². The summed E-state index contributed by atoms with van der Waals surface area (Å²) in [6.07, 6.45) is 8.14. The summed E-state index contributed by atoms with van der Waals surface area (Å²) in [6.45, 7) is 8.69. The second kappa shape index (κ2) is 13.8. The van der Waals surface area contributed by atoms with Gasteiger partial charge in [0, 0.05) is 24.7 Å². The number of nitrogens with zero attached hydrogens (tertiary/aromatic N) is 1. The van der Waals surface area contributed by atoms with Gasteiger partial charge in [-0.3, -0.25) is 4.90 Å². The van der Waals surface area contributed by atoms with Crippen molar-refractivity contribution in [1.82, 2.24) is 4.90 Å². The Kier molecular flexibility index (Phi) is 12.0. The van der Waals surface area contributed by atoms with E-state index in [-0.39, 0.29) is 11.7 Å². The topological polar surface area (TPSA) is 76.1 Å². The highest BCUT2D eigenvalue weighted by Gasteiger charge is 2.16. The second-order valence-corrected chi connectivity index (χ2v) is 6.98. The lowest BCUT2D eigenvalue weighted by atomic mass is 10.1. The van der Waals surface area contributed by atoms with E-state index in [9.17, 15) is 9.59 Å². The first kappa shape index (κ1) is 22.6. The van der Waals surface area contributed by atoms with Crippen LogP contribution < -0.4 is 0 Å². The first-order chi connectivity index (χ1) is 12.5. The molecule has 0 saturated carbocycles. The highest BCUT2D eigenvalue weighted by atomic mass is 16.5. The molecule has 0 aromatic rings. The van der Waals surface area contributed by atoms with Crippen LogP contribution in [-0.4, -0.2) is 60.9 Å². The van der Waals surface area contributed by atoms with Crippen LogP contribution in [-0.2, 0) is 19.1 Å². The van der Waals surface area contributed by atoms with E-state index >= 15 is 0 Å². The van der Waals surface area contributed by atoms with Crippen LogP contribution in [0.5, 0.6) is 0 Å². The minimum absolute atomic E-state index is 0.173. The van der Waals surface area contributed by atoms with E-state index in [1.54, 1.807) is 0 Å². The Morgan fingerprint density at radius 1 is 1.15 bits per heavy atom. The Morgan fingerprint density at radius 2 is 1.85 bits per heavy atom. The zero-order valence-corrected chi connectivity index (χ0v) is 16.4. The number of carbonyl (C=O) groups is 2. The maximum atomic E-state index is 12.2. The number of aliphatic carboxylic acids is 1. The molecule has 150 valence electrons. The quantitative estimate of drug-likeness (QED) is 0.305. The smallest absolute Gasteiger partial charge is 0.334 e. The average Bonchev–Trinajstić information content (AvgIpc) is 2.62. The van der Waals surface area contributed by atoms with Crippen molar-refractivity contribution in [2.75, 3.05) is 32.8 Å². The lowest BCUT2D eigenvalue weighted by Crippen LogP contribution is -2.36. The van der Waals surface area contributed by atoms with Gasteiger partial charge >= 0.3 is 11.9 Å². The van der Waals surface area contributed by atoms with Crippen LogP contribution in [0, 0.1) is 0 Å². The number of hydrogen-bond acceptors (Lipinski definition) is 5. The van der Waals surface area contributed by atoms with Gasteiger partial charge in [0.1, 0.15) is 0 Å². The Morgan fingerprint density at radius 3 is 2.50 bits per heavy atom. The largest absolute Gasteiger partial charge is 0.478 e. The molecule has 6 heteroatoms. The lowest BCUT2D eigenvalue weighted by Gasteiger charge is -2.26. The van der Waals surface area contributed by atoms with Crippen molar-refractivity contribution < 1.29 is 24.2 Å². The molecule has 1 saturated heterocycles. The summed E-state index contributed by atoms with van der Waals surface area (Å²) in [7, 11) is 0. The number of ether oxygens (including phenoxy) is 2. The van der Waals surface area contributed by atoms with Gasteiger partial charge in [-0.1, -0.05) is 32.6 Å². The van der Waals surface area contributed by atoms with Crippen molar-refractivity contribution >= 4 is 11.9 Å². The third kappa shape index (κ3) is 10.6. The highest BCUT2D eigenvalue weighted by molar-refractivity contribution is 5.95. The fourth-order valence-electron chi connectivity index (χ4n) is 3.02. The summed E-state index contributed by atoms with van der Waals surface area (Å²) in [5.74, 6) is -1.57. The summed E-state index contributed by atoms with van der Waals surface area (Å²) in [5.41, 5.74) is 0.272. The molecule has 0 aromatic carbocycles. The number of unbranched alkanes of at least 4 members (excludes halogenated alkanes) is 4. The molecule has 1 aliphatic rings. The molecule has 1 aliphatic heterocycles. The van der Waals surface area contributed by atoms with Crippen molar-refractivity contribution in [3.05, 3.63) is 11.6 Å². The third-order valence-electron chi connectivity index (χ3n) is 4.61. The van der Waals surface area contributed by atoms with Gasteiger partial charge < -0.3 is 14.6 Å². The van der Waals surface area contributed by atoms with Crippen LogP contribution in [0.25, 0.3) is 0 Å². The van der Waals surface area contributed by atoms with Gasteiger partial charge in [-0.15, -0.1) is 0 Å². The van der Waals surface area contributed by atoms with Crippen molar-refractivity contribution in [1.29, 1.82) is 0 Å². The summed E-state index contributed by atoms with van der Waals surface area (Å²) < 4.78 is 10.7. The van der Waals surface area contributed by atoms with E-state index in [2.05, 4.69) is 11.8 Å². The van der Waals surface area contributed by atoms with Gasteiger partial charge in [0.05, 0.1) is 19.3 Å². The standard InChI is InChI=1S/C20H35NO5/c1-3-4-9-17(2)26-20(24)18(16-19(22)23)10-7-5-6-8-11-21-12-14-25-15-13-21/h16-17H,3-15H2,1-2H3,(H,22,23)/b18-16+. The van der Waals surface area contributed by atoms with E-state index in [1.165, 1.54) is 0 Å². The number of carbonyl (C=O) groups excluding carboxylic acids is 1. The number of carboxylic acids is 1. The van der Waals surface area contributed by atoms with Gasteiger partial charge in [-0.2, -0.15) is 0 Å². The number of rotatable bonds is 13. The minimum Gasteiger partial charge on any atom is -0.478 e. The Labute approximate surface area is 157 Å². The van der Waals surface area contributed by atoms with Gasteiger partial charge in [-0.25, -0.2) is 9.59 Å².